The molecule has 3 rings (SSSR count). The Kier molecular flexibility index (Phi) is 7.41. The minimum atomic E-state index is -4.29. The number of aliphatic carboxylic acids is 1. The molecule has 0 aromatic heterocycles. The van der Waals surface area contributed by atoms with Crippen LogP contribution in [0.5, 0.6) is 5.75 Å². The molecule has 3 nitrogen and oxygen atoms in total. The topological polar surface area (TPSA) is 46.5 Å². The van der Waals surface area contributed by atoms with E-state index in [-0.39, 0.29) is 23.1 Å². The summed E-state index contributed by atoms with van der Waals surface area (Å²) in [6.07, 6.45) is 3.53. The molecule has 7 heteroatoms. The van der Waals surface area contributed by atoms with Crippen molar-refractivity contribution in [3.63, 3.8) is 0 Å². The summed E-state index contributed by atoms with van der Waals surface area (Å²) in [5.74, 6) is -0.225. The number of carbonyl (C=O) groups is 1. The number of ether oxygens (including phenoxy) is 1. The van der Waals surface area contributed by atoms with E-state index >= 15 is 0 Å². The normalized spacial score (nSPS) is 11.6. The van der Waals surface area contributed by atoms with Gasteiger partial charge in [-0.1, -0.05) is 54.6 Å². The van der Waals surface area contributed by atoms with Crippen LogP contribution in [-0.4, -0.2) is 23.2 Å². The first kappa shape index (κ1) is 22.5. The molecular weight excluding hydrogens is 425 g/mol. The second kappa shape index (κ2) is 10.2. The number of rotatable bonds is 8. The van der Waals surface area contributed by atoms with Crippen LogP contribution in [0.2, 0.25) is 0 Å². The summed E-state index contributed by atoms with van der Waals surface area (Å²) in [4.78, 5) is 11.1. The van der Waals surface area contributed by atoms with E-state index < -0.39 is 11.5 Å². The number of carboxylic acid groups (broad SMARTS) is 1. The van der Waals surface area contributed by atoms with Gasteiger partial charge >= 0.3 is 11.5 Å². The first-order valence-electron chi connectivity index (χ1n) is 9.35. The van der Waals surface area contributed by atoms with Crippen LogP contribution < -0.4 is 4.74 Å². The average molecular weight is 444 g/mol. The zero-order valence-corrected chi connectivity index (χ0v) is 17.1. The lowest BCUT2D eigenvalue weighted by molar-refractivity contribution is -0.136. The van der Waals surface area contributed by atoms with E-state index in [4.69, 9.17) is 9.84 Å². The van der Waals surface area contributed by atoms with Crippen molar-refractivity contribution in [3.05, 3.63) is 90.0 Å². The highest BCUT2D eigenvalue weighted by Crippen LogP contribution is 2.36. The lowest BCUT2D eigenvalue weighted by Crippen LogP contribution is -1.99. The Balaban J connectivity index is 1.59. The highest BCUT2D eigenvalue weighted by molar-refractivity contribution is 8.00. The SMILES string of the molecule is O=C(O)Cc1cccc(-c2cccc(OC/C=C/c3ccc(SC(F)(F)F)cc3)c2)c1. The molecule has 0 saturated heterocycles. The van der Waals surface area contributed by atoms with Crippen molar-refractivity contribution >= 4 is 23.8 Å². The van der Waals surface area contributed by atoms with Crippen LogP contribution in [0, 0.1) is 0 Å². The Bertz CT molecular complexity index is 1060. The van der Waals surface area contributed by atoms with Gasteiger partial charge in [-0.3, -0.25) is 4.79 Å². The molecule has 3 aromatic carbocycles. The molecular formula is C24H19F3O3S. The summed E-state index contributed by atoms with van der Waals surface area (Å²) in [5, 5.41) is 8.96. The Labute approximate surface area is 182 Å². The molecule has 160 valence electrons. The van der Waals surface area contributed by atoms with Crippen LogP contribution in [-0.2, 0) is 11.2 Å². The minimum absolute atomic E-state index is 0.0370. The van der Waals surface area contributed by atoms with E-state index in [1.54, 1.807) is 30.4 Å². The quantitative estimate of drug-likeness (QED) is 0.394. The van der Waals surface area contributed by atoms with Crippen molar-refractivity contribution in [2.75, 3.05) is 6.61 Å². The van der Waals surface area contributed by atoms with Gasteiger partial charge in [-0.25, -0.2) is 0 Å². The van der Waals surface area contributed by atoms with Gasteiger partial charge in [0.1, 0.15) is 12.4 Å². The van der Waals surface area contributed by atoms with Gasteiger partial charge in [0, 0.05) is 4.90 Å². The third kappa shape index (κ3) is 7.53. The van der Waals surface area contributed by atoms with Gasteiger partial charge in [0.05, 0.1) is 6.42 Å². The van der Waals surface area contributed by atoms with Crippen LogP contribution in [0.3, 0.4) is 0 Å². The molecule has 0 saturated carbocycles. The standard InChI is InChI=1S/C24H19F3O3S/c25-24(26,27)31-22-11-9-17(10-12-22)5-3-13-30-21-8-2-7-20(16-21)19-6-1-4-18(14-19)15-23(28)29/h1-12,14,16H,13,15H2,(H,28,29)/b5-3+. The molecule has 0 aliphatic carbocycles. The molecule has 0 atom stereocenters. The van der Waals surface area contributed by atoms with Gasteiger partial charge in [0.2, 0.25) is 0 Å². The zero-order chi connectivity index (χ0) is 22.3. The number of hydrogen-bond donors (Lipinski definition) is 1. The second-order valence-corrected chi connectivity index (χ2v) is 7.77. The molecule has 0 heterocycles. The van der Waals surface area contributed by atoms with Gasteiger partial charge < -0.3 is 9.84 Å². The van der Waals surface area contributed by atoms with E-state index in [1.807, 2.05) is 42.5 Å². The fraction of sp³-hybridized carbons (Fsp3) is 0.125. The third-order valence-corrected chi connectivity index (χ3v) is 4.96. The molecule has 0 aliphatic rings. The number of hydrogen-bond acceptors (Lipinski definition) is 3. The Morgan fingerprint density at radius 3 is 2.32 bits per heavy atom. The van der Waals surface area contributed by atoms with Gasteiger partial charge in [-0.15, -0.1) is 0 Å². The zero-order valence-electron chi connectivity index (χ0n) is 16.3. The predicted octanol–water partition coefficient (Wildman–Crippen LogP) is 6.68. The fourth-order valence-corrected chi connectivity index (χ4v) is 3.45. The summed E-state index contributed by atoms with van der Waals surface area (Å²) < 4.78 is 42.8. The number of benzene rings is 3. The summed E-state index contributed by atoms with van der Waals surface area (Å²) >= 11 is -0.140. The number of thioether (sulfide) groups is 1. The smallest absolute Gasteiger partial charge is 0.446 e. The Morgan fingerprint density at radius 2 is 1.65 bits per heavy atom. The molecule has 0 amide bonds. The molecule has 0 aliphatic heterocycles. The lowest BCUT2D eigenvalue weighted by Gasteiger charge is -2.08. The van der Waals surface area contributed by atoms with Crippen molar-refractivity contribution in [2.45, 2.75) is 16.8 Å². The van der Waals surface area contributed by atoms with Crippen molar-refractivity contribution in [1.29, 1.82) is 0 Å². The summed E-state index contributed by atoms with van der Waals surface area (Å²) in [6, 6.07) is 20.9. The summed E-state index contributed by atoms with van der Waals surface area (Å²) in [7, 11) is 0. The number of carboxylic acids is 1. The molecule has 1 N–H and O–H groups in total. The average Bonchev–Trinajstić information content (AvgIpc) is 2.71. The first-order chi connectivity index (χ1) is 14.8. The van der Waals surface area contributed by atoms with Gasteiger partial charge in [-0.2, -0.15) is 13.2 Å². The van der Waals surface area contributed by atoms with Crippen molar-refractivity contribution in [1.82, 2.24) is 0 Å². The molecule has 31 heavy (non-hydrogen) atoms. The van der Waals surface area contributed by atoms with E-state index in [9.17, 15) is 18.0 Å². The van der Waals surface area contributed by atoms with Crippen LogP contribution in [0.25, 0.3) is 17.2 Å². The third-order valence-electron chi connectivity index (χ3n) is 4.22. The van der Waals surface area contributed by atoms with Crippen LogP contribution in [0.1, 0.15) is 11.1 Å². The van der Waals surface area contributed by atoms with E-state index in [0.717, 1.165) is 22.3 Å². The minimum Gasteiger partial charge on any atom is -0.490 e. The molecule has 0 radical (unpaired) electrons. The van der Waals surface area contributed by atoms with Crippen LogP contribution in [0.15, 0.2) is 83.8 Å². The summed E-state index contributed by atoms with van der Waals surface area (Å²) in [5.41, 5.74) is -0.988. The number of halogens is 3. The lowest BCUT2D eigenvalue weighted by atomic mass is 10.0. The van der Waals surface area contributed by atoms with E-state index in [0.29, 0.717) is 12.4 Å². The first-order valence-corrected chi connectivity index (χ1v) is 10.2. The predicted molar refractivity (Wildman–Crippen MR) is 116 cm³/mol. The van der Waals surface area contributed by atoms with Crippen molar-refractivity contribution < 1.29 is 27.8 Å². The largest absolute Gasteiger partial charge is 0.490 e. The highest BCUT2D eigenvalue weighted by Gasteiger charge is 2.28. The molecule has 0 fully saturated rings. The van der Waals surface area contributed by atoms with Crippen molar-refractivity contribution in [2.24, 2.45) is 0 Å². The second-order valence-electron chi connectivity index (χ2n) is 6.63. The van der Waals surface area contributed by atoms with Crippen LogP contribution in [0.4, 0.5) is 13.2 Å². The fourth-order valence-electron chi connectivity index (χ4n) is 2.91. The monoisotopic (exact) mass is 444 g/mol. The maximum absolute atomic E-state index is 12.4. The van der Waals surface area contributed by atoms with Gasteiger partial charge in [0.25, 0.3) is 0 Å². The molecule has 3 aromatic rings. The summed E-state index contributed by atoms with van der Waals surface area (Å²) in [6.45, 7) is 0.293. The molecule has 0 bridgehead atoms. The maximum Gasteiger partial charge on any atom is 0.446 e. The highest BCUT2D eigenvalue weighted by atomic mass is 32.2. The Morgan fingerprint density at radius 1 is 0.968 bits per heavy atom. The molecule has 0 unspecified atom stereocenters. The molecule has 0 spiro atoms. The number of alkyl halides is 3. The van der Waals surface area contributed by atoms with Gasteiger partial charge in [-0.05, 0) is 64.4 Å². The van der Waals surface area contributed by atoms with E-state index in [1.165, 1.54) is 12.1 Å². The van der Waals surface area contributed by atoms with Crippen molar-refractivity contribution in [3.8, 4) is 16.9 Å². The van der Waals surface area contributed by atoms with Crippen LogP contribution >= 0.6 is 11.8 Å². The van der Waals surface area contributed by atoms with E-state index in [2.05, 4.69) is 0 Å². The maximum atomic E-state index is 12.4. The van der Waals surface area contributed by atoms with Gasteiger partial charge in [0.15, 0.2) is 0 Å². The Hall–Kier alpha value is -3.19.